The number of thiazole rings is 1. The van der Waals surface area contributed by atoms with Crippen molar-refractivity contribution in [2.75, 3.05) is 39.9 Å². The Balaban J connectivity index is 0.00000280. The summed E-state index contributed by atoms with van der Waals surface area (Å²) in [5, 5.41) is 7.97. The van der Waals surface area contributed by atoms with Crippen molar-refractivity contribution in [3.05, 3.63) is 51.5 Å². The third-order valence-electron chi connectivity index (χ3n) is 4.59. The summed E-state index contributed by atoms with van der Waals surface area (Å²) in [6.45, 7) is 8.30. The van der Waals surface area contributed by atoms with Gasteiger partial charge in [-0.15, -0.1) is 35.3 Å². The Bertz CT molecular complexity index is 746. The highest BCUT2D eigenvalue weighted by atomic mass is 127. The van der Waals surface area contributed by atoms with Crippen LogP contribution in [-0.2, 0) is 24.2 Å². The molecule has 8 heteroatoms. The Morgan fingerprint density at radius 3 is 2.64 bits per heavy atom. The molecule has 0 saturated carbocycles. The van der Waals surface area contributed by atoms with Gasteiger partial charge in [-0.3, -0.25) is 9.89 Å². The maximum atomic E-state index is 5.45. The lowest BCUT2D eigenvalue weighted by Crippen LogP contribution is -2.38. The van der Waals surface area contributed by atoms with E-state index < -0.39 is 0 Å². The SMILES string of the molecule is CN=C(NCCc1ncc(C)s1)NCc1ccccc1CN1CCOCC1.I. The molecule has 0 bridgehead atoms. The van der Waals surface area contributed by atoms with Crippen molar-refractivity contribution in [1.29, 1.82) is 0 Å². The van der Waals surface area contributed by atoms with Crippen LogP contribution in [0.4, 0.5) is 0 Å². The maximum absolute atomic E-state index is 5.45. The third kappa shape index (κ3) is 7.31. The number of aryl methyl sites for hydroxylation is 1. The molecule has 1 aromatic heterocycles. The summed E-state index contributed by atoms with van der Waals surface area (Å²) >= 11 is 1.75. The van der Waals surface area contributed by atoms with E-state index in [-0.39, 0.29) is 24.0 Å². The van der Waals surface area contributed by atoms with Gasteiger partial charge in [-0.1, -0.05) is 24.3 Å². The van der Waals surface area contributed by atoms with E-state index in [1.165, 1.54) is 16.0 Å². The van der Waals surface area contributed by atoms with E-state index in [0.29, 0.717) is 0 Å². The van der Waals surface area contributed by atoms with Gasteiger partial charge in [0.25, 0.3) is 0 Å². The van der Waals surface area contributed by atoms with Gasteiger partial charge in [0.15, 0.2) is 5.96 Å². The van der Waals surface area contributed by atoms with Crippen LogP contribution in [0.3, 0.4) is 0 Å². The zero-order valence-corrected chi connectivity index (χ0v) is 19.8. The van der Waals surface area contributed by atoms with Gasteiger partial charge < -0.3 is 15.4 Å². The molecule has 1 fully saturated rings. The largest absolute Gasteiger partial charge is 0.379 e. The summed E-state index contributed by atoms with van der Waals surface area (Å²) in [6, 6.07) is 8.62. The molecule has 3 rings (SSSR count). The molecule has 0 radical (unpaired) electrons. The Morgan fingerprint density at radius 1 is 1.21 bits per heavy atom. The summed E-state index contributed by atoms with van der Waals surface area (Å²) in [4.78, 5) is 12.4. The normalized spacial score (nSPS) is 15.1. The number of nitrogens with zero attached hydrogens (tertiary/aromatic N) is 3. The number of guanidine groups is 1. The number of hydrogen-bond donors (Lipinski definition) is 2. The van der Waals surface area contributed by atoms with Crippen molar-refractivity contribution in [2.45, 2.75) is 26.4 Å². The molecule has 1 aromatic carbocycles. The minimum absolute atomic E-state index is 0. The quantitative estimate of drug-likeness (QED) is 0.338. The molecular weight excluding hydrogens is 485 g/mol. The van der Waals surface area contributed by atoms with Crippen LogP contribution in [0.15, 0.2) is 35.5 Å². The van der Waals surface area contributed by atoms with Gasteiger partial charge in [0.1, 0.15) is 0 Å². The van der Waals surface area contributed by atoms with Crippen molar-refractivity contribution in [2.24, 2.45) is 4.99 Å². The molecule has 28 heavy (non-hydrogen) atoms. The van der Waals surface area contributed by atoms with Crippen LogP contribution in [0.2, 0.25) is 0 Å². The zero-order valence-electron chi connectivity index (χ0n) is 16.6. The Labute approximate surface area is 188 Å². The number of benzene rings is 1. The lowest BCUT2D eigenvalue weighted by molar-refractivity contribution is 0.0341. The van der Waals surface area contributed by atoms with E-state index in [9.17, 15) is 0 Å². The Kier molecular flexibility index (Phi) is 10.2. The van der Waals surface area contributed by atoms with E-state index in [1.807, 2.05) is 13.2 Å². The number of rotatable bonds is 7. The second-order valence-corrected chi connectivity index (χ2v) is 7.94. The van der Waals surface area contributed by atoms with Crippen LogP contribution in [0.5, 0.6) is 0 Å². The van der Waals surface area contributed by atoms with E-state index in [1.54, 1.807) is 11.3 Å². The fourth-order valence-electron chi connectivity index (χ4n) is 3.09. The van der Waals surface area contributed by atoms with Gasteiger partial charge in [0, 0.05) is 57.3 Å². The number of aliphatic imine (C=N–C) groups is 1. The standard InChI is InChI=1S/C20H29N5OS.HI/c1-16-13-23-19(27-16)7-8-22-20(21-2)24-14-17-5-3-4-6-18(17)15-25-9-11-26-12-10-25;/h3-6,13H,7-12,14-15H2,1-2H3,(H2,21,22,24);1H. The topological polar surface area (TPSA) is 61.8 Å². The lowest BCUT2D eigenvalue weighted by atomic mass is 10.1. The van der Waals surface area contributed by atoms with Crippen molar-refractivity contribution < 1.29 is 4.74 Å². The molecular formula is C20H30IN5OS. The Hall–Kier alpha value is -1.23. The maximum Gasteiger partial charge on any atom is 0.191 e. The van der Waals surface area contributed by atoms with Crippen LogP contribution < -0.4 is 10.6 Å². The second kappa shape index (κ2) is 12.4. The summed E-state index contributed by atoms with van der Waals surface area (Å²) in [6.07, 6.45) is 2.84. The fourth-order valence-corrected chi connectivity index (χ4v) is 3.88. The molecule has 0 amide bonds. The molecule has 0 unspecified atom stereocenters. The van der Waals surface area contributed by atoms with Crippen LogP contribution in [0.25, 0.3) is 0 Å². The highest BCUT2D eigenvalue weighted by Crippen LogP contribution is 2.13. The van der Waals surface area contributed by atoms with Gasteiger partial charge in [-0.25, -0.2) is 4.98 Å². The van der Waals surface area contributed by atoms with Gasteiger partial charge in [-0.05, 0) is 18.1 Å². The second-order valence-electron chi connectivity index (χ2n) is 6.62. The van der Waals surface area contributed by atoms with Gasteiger partial charge in [0.05, 0.1) is 18.2 Å². The van der Waals surface area contributed by atoms with E-state index in [2.05, 4.69) is 56.7 Å². The van der Waals surface area contributed by atoms with Crippen molar-refractivity contribution >= 4 is 41.3 Å². The van der Waals surface area contributed by atoms with Crippen molar-refractivity contribution in [3.63, 3.8) is 0 Å². The van der Waals surface area contributed by atoms with Gasteiger partial charge in [-0.2, -0.15) is 0 Å². The molecule has 0 spiro atoms. The molecule has 154 valence electrons. The average Bonchev–Trinajstić information content (AvgIpc) is 3.11. The number of morpholine rings is 1. The van der Waals surface area contributed by atoms with E-state index in [4.69, 9.17) is 4.74 Å². The molecule has 1 aliphatic rings. The Morgan fingerprint density at radius 2 is 1.96 bits per heavy atom. The smallest absolute Gasteiger partial charge is 0.191 e. The number of hydrogen-bond acceptors (Lipinski definition) is 5. The van der Waals surface area contributed by atoms with Gasteiger partial charge in [0.2, 0.25) is 0 Å². The molecule has 1 aliphatic heterocycles. The van der Waals surface area contributed by atoms with Crippen molar-refractivity contribution in [3.8, 4) is 0 Å². The molecule has 2 N–H and O–H groups in total. The minimum atomic E-state index is 0. The lowest BCUT2D eigenvalue weighted by Gasteiger charge is -2.27. The van der Waals surface area contributed by atoms with Crippen LogP contribution >= 0.6 is 35.3 Å². The first-order valence-corrected chi connectivity index (χ1v) is 10.3. The molecule has 0 atom stereocenters. The predicted molar refractivity (Wildman–Crippen MR) is 127 cm³/mol. The van der Waals surface area contributed by atoms with Crippen LogP contribution in [0.1, 0.15) is 21.0 Å². The fraction of sp³-hybridized carbons (Fsp3) is 0.500. The first-order valence-electron chi connectivity index (χ1n) is 9.47. The van der Waals surface area contributed by atoms with Crippen LogP contribution in [-0.4, -0.2) is 55.7 Å². The minimum Gasteiger partial charge on any atom is -0.379 e. The zero-order chi connectivity index (χ0) is 18.9. The summed E-state index contributed by atoms with van der Waals surface area (Å²) < 4.78 is 5.45. The molecule has 0 aliphatic carbocycles. The molecule has 2 heterocycles. The molecule has 1 saturated heterocycles. The summed E-state index contributed by atoms with van der Waals surface area (Å²) in [5.74, 6) is 0.824. The third-order valence-corrected chi connectivity index (χ3v) is 5.56. The monoisotopic (exact) mass is 515 g/mol. The highest BCUT2D eigenvalue weighted by molar-refractivity contribution is 14.0. The molecule has 2 aromatic rings. The van der Waals surface area contributed by atoms with Crippen LogP contribution in [0, 0.1) is 6.92 Å². The highest BCUT2D eigenvalue weighted by Gasteiger charge is 2.12. The number of ether oxygens (including phenoxy) is 1. The van der Waals surface area contributed by atoms with E-state index >= 15 is 0 Å². The first-order chi connectivity index (χ1) is 13.2. The number of halogens is 1. The molecule has 6 nitrogen and oxygen atoms in total. The first kappa shape index (κ1) is 23.1. The average molecular weight is 515 g/mol. The summed E-state index contributed by atoms with van der Waals surface area (Å²) in [5.41, 5.74) is 2.67. The van der Waals surface area contributed by atoms with Gasteiger partial charge >= 0.3 is 0 Å². The van der Waals surface area contributed by atoms with Crippen molar-refractivity contribution in [1.82, 2.24) is 20.5 Å². The predicted octanol–water partition coefficient (Wildman–Crippen LogP) is 2.81. The number of nitrogens with one attached hydrogen (secondary N) is 2. The summed E-state index contributed by atoms with van der Waals surface area (Å²) in [7, 11) is 1.81. The van der Waals surface area contributed by atoms with E-state index in [0.717, 1.165) is 63.3 Å². The number of aromatic nitrogens is 1.